The summed E-state index contributed by atoms with van der Waals surface area (Å²) in [5.41, 5.74) is 1.52. The number of carbonyl (C=O) groups excluding carboxylic acids is 1. The predicted molar refractivity (Wildman–Crippen MR) is 113 cm³/mol. The molecule has 0 aliphatic carbocycles. The number of rotatable bonds is 10. The third kappa shape index (κ3) is 6.20. The average molecular weight is 421 g/mol. The topological polar surface area (TPSA) is 84.9 Å². The monoisotopic (exact) mass is 420 g/mol. The summed E-state index contributed by atoms with van der Waals surface area (Å²) < 4.78 is 37.7. The number of sulfonamides is 1. The fourth-order valence-corrected chi connectivity index (χ4v) is 4.27. The molecule has 2 rings (SSSR count). The second-order valence-electron chi connectivity index (χ2n) is 6.69. The van der Waals surface area contributed by atoms with Crippen LogP contribution in [0, 0.1) is 6.92 Å². The van der Waals surface area contributed by atoms with E-state index in [0.29, 0.717) is 18.0 Å². The van der Waals surface area contributed by atoms with Crippen molar-refractivity contribution in [3.05, 3.63) is 54.1 Å². The number of nitrogens with one attached hydrogen (secondary N) is 1. The van der Waals surface area contributed by atoms with Crippen molar-refractivity contribution in [2.45, 2.75) is 31.7 Å². The Morgan fingerprint density at radius 3 is 2.28 bits per heavy atom. The molecule has 0 saturated carbocycles. The smallest absolute Gasteiger partial charge is 0.264 e. The summed E-state index contributed by atoms with van der Waals surface area (Å²) in [5.74, 6) is 0.225. The maximum Gasteiger partial charge on any atom is 0.264 e. The SMILES string of the molecule is CCN(c1ccc(OCC(=O)N[C@@H](C)COC)cc1)S(=O)(=O)c1ccc(C)cc1. The van der Waals surface area contributed by atoms with Gasteiger partial charge in [0.25, 0.3) is 15.9 Å². The van der Waals surface area contributed by atoms with Crippen molar-refractivity contribution in [2.75, 3.05) is 31.2 Å². The molecule has 158 valence electrons. The first-order valence-corrected chi connectivity index (χ1v) is 10.8. The Labute approximate surface area is 172 Å². The highest BCUT2D eigenvalue weighted by atomic mass is 32.2. The van der Waals surface area contributed by atoms with Gasteiger partial charge in [0.1, 0.15) is 5.75 Å². The lowest BCUT2D eigenvalue weighted by atomic mass is 10.2. The predicted octanol–water partition coefficient (Wildman–Crippen LogP) is 2.74. The molecule has 0 saturated heterocycles. The molecular formula is C21H28N2O5S. The van der Waals surface area contributed by atoms with Crippen molar-refractivity contribution in [1.29, 1.82) is 0 Å². The number of ether oxygens (including phenoxy) is 2. The van der Waals surface area contributed by atoms with Crippen LogP contribution in [0.4, 0.5) is 5.69 Å². The van der Waals surface area contributed by atoms with Crippen molar-refractivity contribution in [1.82, 2.24) is 5.32 Å². The minimum absolute atomic E-state index is 0.108. The molecule has 1 N–H and O–H groups in total. The number of carbonyl (C=O) groups is 1. The van der Waals surface area contributed by atoms with Gasteiger partial charge in [-0.1, -0.05) is 17.7 Å². The summed E-state index contributed by atoms with van der Waals surface area (Å²) in [6, 6.07) is 13.3. The van der Waals surface area contributed by atoms with E-state index in [9.17, 15) is 13.2 Å². The Balaban J connectivity index is 2.05. The maximum atomic E-state index is 13.0. The van der Waals surface area contributed by atoms with E-state index in [2.05, 4.69) is 5.32 Å². The van der Waals surface area contributed by atoms with Crippen LogP contribution in [0.15, 0.2) is 53.4 Å². The second kappa shape index (κ2) is 10.3. The van der Waals surface area contributed by atoms with Crippen LogP contribution in [-0.2, 0) is 19.6 Å². The summed E-state index contributed by atoms with van der Waals surface area (Å²) in [6.45, 7) is 6.10. The standard InChI is InChI=1S/C21H28N2O5S/c1-5-23(29(25,26)20-12-6-16(2)7-13-20)18-8-10-19(11-9-18)28-15-21(24)22-17(3)14-27-4/h6-13,17H,5,14-15H2,1-4H3,(H,22,24)/t17-/m0/s1. The van der Waals surface area contributed by atoms with Crippen LogP contribution in [0.3, 0.4) is 0 Å². The van der Waals surface area contributed by atoms with Crippen molar-refractivity contribution in [3.8, 4) is 5.75 Å². The van der Waals surface area contributed by atoms with E-state index in [1.165, 1.54) is 4.31 Å². The minimum Gasteiger partial charge on any atom is -0.484 e. The zero-order valence-electron chi connectivity index (χ0n) is 17.2. The fraction of sp³-hybridized carbons (Fsp3) is 0.381. The molecule has 0 unspecified atom stereocenters. The molecule has 8 heteroatoms. The fourth-order valence-electron chi connectivity index (χ4n) is 2.79. The number of hydrogen-bond donors (Lipinski definition) is 1. The van der Waals surface area contributed by atoms with Crippen LogP contribution < -0.4 is 14.4 Å². The molecule has 2 aromatic carbocycles. The summed E-state index contributed by atoms with van der Waals surface area (Å²) in [7, 11) is -2.09. The van der Waals surface area contributed by atoms with Crippen LogP contribution in [0.1, 0.15) is 19.4 Å². The summed E-state index contributed by atoms with van der Waals surface area (Å²) in [4.78, 5) is 12.1. The lowest BCUT2D eigenvalue weighted by molar-refractivity contribution is -0.124. The van der Waals surface area contributed by atoms with E-state index < -0.39 is 10.0 Å². The number of benzene rings is 2. The number of aryl methyl sites for hydroxylation is 1. The van der Waals surface area contributed by atoms with Gasteiger partial charge < -0.3 is 14.8 Å². The van der Waals surface area contributed by atoms with Gasteiger partial charge in [-0.05, 0) is 57.2 Å². The highest BCUT2D eigenvalue weighted by Gasteiger charge is 2.23. The molecule has 0 aromatic heterocycles. The van der Waals surface area contributed by atoms with E-state index in [-0.39, 0.29) is 30.0 Å². The van der Waals surface area contributed by atoms with E-state index in [1.54, 1.807) is 62.6 Å². The number of amides is 1. The molecule has 7 nitrogen and oxygen atoms in total. The zero-order valence-corrected chi connectivity index (χ0v) is 18.0. The normalized spacial score (nSPS) is 12.3. The minimum atomic E-state index is -3.66. The number of nitrogens with zero attached hydrogens (tertiary/aromatic N) is 1. The van der Waals surface area contributed by atoms with E-state index in [0.717, 1.165) is 5.56 Å². The third-order valence-corrected chi connectivity index (χ3v) is 6.13. The zero-order chi connectivity index (χ0) is 21.4. The van der Waals surface area contributed by atoms with E-state index in [1.807, 2.05) is 13.8 Å². The second-order valence-corrected chi connectivity index (χ2v) is 8.55. The van der Waals surface area contributed by atoms with Gasteiger partial charge in [-0.2, -0.15) is 0 Å². The molecule has 0 fully saturated rings. The summed E-state index contributed by atoms with van der Waals surface area (Å²) in [6.07, 6.45) is 0. The largest absolute Gasteiger partial charge is 0.484 e. The van der Waals surface area contributed by atoms with E-state index in [4.69, 9.17) is 9.47 Å². The van der Waals surface area contributed by atoms with Gasteiger partial charge in [-0.25, -0.2) is 8.42 Å². The van der Waals surface area contributed by atoms with Crippen LogP contribution in [0.25, 0.3) is 0 Å². The van der Waals surface area contributed by atoms with Gasteiger partial charge in [0, 0.05) is 19.7 Å². The first kappa shape index (κ1) is 22.7. The van der Waals surface area contributed by atoms with Gasteiger partial charge in [-0.3, -0.25) is 9.10 Å². The number of methoxy groups -OCH3 is 1. The Bertz CT molecular complexity index is 896. The van der Waals surface area contributed by atoms with Gasteiger partial charge in [0.05, 0.1) is 17.2 Å². The van der Waals surface area contributed by atoms with Gasteiger partial charge in [-0.15, -0.1) is 0 Å². The molecule has 0 radical (unpaired) electrons. The molecule has 0 aliphatic rings. The van der Waals surface area contributed by atoms with Crippen LogP contribution in [0.2, 0.25) is 0 Å². The molecule has 2 aromatic rings. The Kier molecular flexibility index (Phi) is 8.04. The Hall–Kier alpha value is -2.58. The van der Waals surface area contributed by atoms with Gasteiger partial charge >= 0.3 is 0 Å². The van der Waals surface area contributed by atoms with Crippen LogP contribution >= 0.6 is 0 Å². The quantitative estimate of drug-likeness (QED) is 0.639. The first-order chi connectivity index (χ1) is 13.8. The molecule has 0 aliphatic heterocycles. The Morgan fingerprint density at radius 1 is 1.10 bits per heavy atom. The molecular weight excluding hydrogens is 392 g/mol. The molecule has 0 heterocycles. The van der Waals surface area contributed by atoms with Crippen molar-refractivity contribution in [2.24, 2.45) is 0 Å². The molecule has 1 atom stereocenters. The lowest BCUT2D eigenvalue weighted by Gasteiger charge is -2.23. The molecule has 0 bridgehead atoms. The average Bonchev–Trinajstić information content (AvgIpc) is 2.68. The Morgan fingerprint density at radius 2 is 1.72 bits per heavy atom. The lowest BCUT2D eigenvalue weighted by Crippen LogP contribution is -2.38. The van der Waals surface area contributed by atoms with Crippen molar-refractivity contribution < 1.29 is 22.7 Å². The third-order valence-electron chi connectivity index (χ3n) is 4.21. The molecule has 0 spiro atoms. The van der Waals surface area contributed by atoms with E-state index >= 15 is 0 Å². The van der Waals surface area contributed by atoms with Gasteiger partial charge in [0.2, 0.25) is 0 Å². The number of anilines is 1. The van der Waals surface area contributed by atoms with Crippen molar-refractivity contribution >= 4 is 21.6 Å². The summed E-state index contributed by atoms with van der Waals surface area (Å²) in [5, 5.41) is 2.76. The maximum absolute atomic E-state index is 13.0. The highest BCUT2D eigenvalue weighted by molar-refractivity contribution is 7.92. The van der Waals surface area contributed by atoms with Crippen LogP contribution in [-0.4, -0.2) is 47.2 Å². The number of hydrogen-bond acceptors (Lipinski definition) is 5. The van der Waals surface area contributed by atoms with Crippen molar-refractivity contribution in [3.63, 3.8) is 0 Å². The molecule has 1 amide bonds. The first-order valence-electron chi connectivity index (χ1n) is 9.38. The summed E-state index contributed by atoms with van der Waals surface area (Å²) >= 11 is 0. The highest BCUT2D eigenvalue weighted by Crippen LogP contribution is 2.25. The molecule has 29 heavy (non-hydrogen) atoms. The van der Waals surface area contributed by atoms with Gasteiger partial charge in [0.15, 0.2) is 6.61 Å². The van der Waals surface area contributed by atoms with Crippen LogP contribution in [0.5, 0.6) is 5.75 Å².